The van der Waals surface area contributed by atoms with Crippen LogP contribution in [0.3, 0.4) is 0 Å². The van der Waals surface area contributed by atoms with Gasteiger partial charge in [0, 0.05) is 5.56 Å². The monoisotopic (exact) mass is 312 g/mol. The Kier molecular flexibility index (Phi) is 4.01. The summed E-state index contributed by atoms with van der Waals surface area (Å²) in [4.78, 5) is 0. The molecule has 0 aliphatic carbocycles. The summed E-state index contributed by atoms with van der Waals surface area (Å²) in [5, 5.41) is 1.20. The minimum Gasteiger partial charge on any atom is -0.0827 e. The van der Waals surface area contributed by atoms with E-state index in [0.717, 1.165) is 16.7 Å². The summed E-state index contributed by atoms with van der Waals surface area (Å²) < 4.78 is 0. The SMILES string of the molecule is Cc1ccc(Cl)c(Cl)c1-c1ccc(-c2ccccc2)cc1. The van der Waals surface area contributed by atoms with E-state index in [2.05, 4.69) is 36.4 Å². The van der Waals surface area contributed by atoms with Crippen molar-refractivity contribution >= 4 is 23.2 Å². The summed E-state index contributed by atoms with van der Waals surface area (Å²) in [5.74, 6) is 0. The highest BCUT2D eigenvalue weighted by atomic mass is 35.5. The first kappa shape index (κ1) is 14.2. The van der Waals surface area contributed by atoms with Crippen LogP contribution in [0, 0.1) is 6.92 Å². The Balaban J connectivity index is 2.05. The molecule has 2 heteroatoms. The zero-order valence-electron chi connectivity index (χ0n) is 11.6. The molecule has 0 unspecified atom stereocenters. The molecule has 0 saturated carbocycles. The first-order valence-electron chi connectivity index (χ1n) is 6.77. The molecule has 104 valence electrons. The highest BCUT2D eigenvalue weighted by molar-refractivity contribution is 6.43. The lowest BCUT2D eigenvalue weighted by molar-refractivity contribution is 1.46. The van der Waals surface area contributed by atoms with E-state index in [-0.39, 0.29) is 0 Å². The third kappa shape index (κ3) is 2.83. The lowest BCUT2D eigenvalue weighted by Crippen LogP contribution is -1.86. The van der Waals surface area contributed by atoms with Crippen LogP contribution in [0.15, 0.2) is 66.7 Å². The molecule has 0 aromatic heterocycles. The van der Waals surface area contributed by atoms with Gasteiger partial charge in [0.05, 0.1) is 10.0 Å². The molecular formula is C19H14Cl2. The molecule has 0 spiro atoms. The summed E-state index contributed by atoms with van der Waals surface area (Å²) >= 11 is 12.5. The van der Waals surface area contributed by atoms with E-state index in [1.54, 1.807) is 0 Å². The Morgan fingerprint density at radius 3 is 1.86 bits per heavy atom. The molecule has 0 bridgehead atoms. The van der Waals surface area contributed by atoms with Crippen molar-refractivity contribution in [3.05, 3.63) is 82.3 Å². The Bertz CT molecular complexity index is 760. The summed E-state index contributed by atoms with van der Waals surface area (Å²) in [6.07, 6.45) is 0. The molecule has 0 aliphatic rings. The van der Waals surface area contributed by atoms with E-state index in [9.17, 15) is 0 Å². The van der Waals surface area contributed by atoms with Crippen molar-refractivity contribution in [3.63, 3.8) is 0 Å². The molecule has 0 fully saturated rings. The fourth-order valence-electron chi connectivity index (χ4n) is 2.46. The van der Waals surface area contributed by atoms with Gasteiger partial charge in [-0.3, -0.25) is 0 Å². The van der Waals surface area contributed by atoms with Gasteiger partial charge in [0.2, 0.25) is 0 Å². The van der Waals surface area contributed by atoms with Crippen LogP contribution in [0.1, 0.15) is 5.56 Å². The van der Waals surface area contributed by atoms with Crippen molar-refractivity contribution in [2.24, 2.45) is 0 Å². The predicted molar refractivity (Wildman–Crippen MR) is 92.1 cm³/mol. The average molecular weight is 313 g/mol. The van der Waals surface area contributed by atoms with Gasteiger partial charge in [-0.15, -0.1) is 0 Å². The maximum absolute atomic E-state index is 6.36. The standard InChI is InChI=1S/C19H14Cl2/c1-13-7-12-17(20)19(21)18(13)16-10-8-15(9-11-16)14-5-3-2-4-6-14/h2-12H,1H3. The van der Waals surface area contributed by atoms with E-state index in [1.165, 1.54) is 11.1 Å². The molecule has 0 atom stereocenters. The number of halogens is 2. The van der Waals surface area contributed by atoms with Gasteiger partial charge in [0.1, 0.15) is 0 Å². The van der Waals surface area contributed by atoms with Crippen molar-refractivity contribution in [2.75, 3.05) is 0 Å². The molecule has 3 aromatic rings. The largest absolute Gasteiger partial charge is 0.0827 e. The van der Waals surface area contributed by atoms with E-state index >= 15 is 0 Å². The van der Waals surface area contributed by atoms with Crippen LogP contribution in [-0.4, -0.2) is 0 Å². The Labute approximate surface area is 135 Å². The summed E-state index contributed by atoms with van der Waals surface area (Å²) in [5.41, 5.74) is 5.61. The van der Waals surface area contributed by atoms with Crippen LogP contribution in [0.4, 0.5) is 0 Å². The van der Waals surface area contributed by atoms with Crippen molar-refractivity contribution in [3.8, 4) is 22.3 Å². The average Bonchev–Trinajstić information content (AvgIpc) is 2.53. The zero-order valence-corrected chi connectivity index (χ0v) is 13.1. The molecule has 0 aliphatic heterocycles. The number of hydrogen-bond acceptors (Lipinski definition) is 0. The number of aryl methyl sites for hydroxylation is 1. The molecule has 0 saturated heterocycles. The van der Waals surface area contributed by atoms with E-state index < -0.39 is 0 Å². The summed E-state index contributed by atoms with van der Waals surface area (Å²) in [7, 11) is 0. The van der Waals surface area contributed by atoms with Gasteiger partial charge >= 0.3 is 0 Å². The Hall–Kier alpha value is -1.76. The molecular weight excluding hydrogens is 299 g/mol. The fraction of sp³-hybridized carbons (Fsp3) is 0.0526. The fourth-order valence-corrected chi connectivity index (χ4v) is 2.94. The second-order valence-corrected chi connectivity index (χ2v) is 5.78. The topological polar surface area (TPSA) is 0 Å². The number of hydrogen-bond donors (Lipinski definition) is 0. The third-order valence-corrected chi connectivity index (χ3v) is 4.39. The van der Waals surface area contributed by atoms with Crippen molar-refractivity contribution < 1.29 is 0 Å². The number of benzene rings is 3. The van der Waals surface area contributed by atoms with Crippen molar-refractivity contribution in [1.29, 1.82) is 0 Å². The highest BCUT2D eigenvalue weighted by Crippen LogP contribution is 2.36. The molecule has 3 aromatic carbocycles. The van der Waals surface area contributed by atoms with E-state index in [1.807, 2.05) is 37.3 Å². The number of rotatable bonds is 2. The van der Waals surface area contributed by atoms with Crippen LogP contribution in [0.5, 0.6) is 0 Å². The first-order chi connectivity index (χ1) is 10.2. The van der Waals surface area contributed by atoms with Gasteiger partial charge < -0.3 is 0 Å². The van der Waals surface area contributed by atoms with Crippen LogP contribution in [0.25, 0.3) is 22.3 Å². The highest BCUT2D eigenvalue weighted by Gasteiger charge is 2.10. The van der Waals surface area contributed by atoms with Crippen molar-refractivity contribution in [1.82, 2.24) is 0 Å². The molecule has 0 nitrogen and oxygen atoms in total. The maximum Gasteiger partial charge on any atom is 0.0673 e. The van der Waals surface area contributed by atoms with Crippen LogP contribution < -0.4 is 0 Å². The molecule has 21 heavy (non-hydrogen) atoms. The Morgan fingerprint density at radius 2 is 1.19 bits per heavy atom. The van der Waals surface area contributed by atoms with Crippen LogP contribution in [-0.2, 0) is 0 Å². The third-order valence-electron chi connectivity index (χ3n) is 3.58. The normalized spacial score (nSPS) is 10.6. The summed E-state index contributed by atoms with van der Waals surface area (Å²) in [6, 6.07) is 22.5. The minimum absolute atomic E-state index is 0.587. The molecule has 0 radical (unpaired) electrons. The lowest BCUT2D eigenvalue weighted by atomic mass is 9.97. The van der Waals surface area contributed by atoms with Crippen LogP contribution >= 0.6 is 23.2 Å². The maximum atomic E-state index is 6.36. The molecule has 0 amide bonds. The van der Waals surface area contributed by atoms with Crippen LogP contribution in [0.2, 0.25) is 10.0 Å². The zero-order chi connectivity index (χ0) is 14.8. The first-order valence-corrected chi connectivity index (χ1v) is 7.53. The second-order valence-electron chi connectivity index (χ2n) is 5.00. The lowest BCUT2D eigenvalue weighted by Gasteiger charge is -2.11. The molecule has 0 heterocycles. The Morgan fingerprint density at radius 1 is 0.619 bits per heavy atom. The molecule has 0 N–H and O–H groups in total. The van der Waals surface area contributed by atoms with Gasteiger partial charge in [-0.2, -0.15) is 0 Å². The predicted octanol–water partition coefficient (Wildman–Crippen LogP) is 6.64. The summed E-state index contributed by atoms with van der Waals surface area (Å²) in [6.45, 7) is 2.04. The molecule has 3 rings (SSSR count). The minimum atomic E-state index is 0.587. The van der Waals surface area contributed by atoms with Gasteiger partial charge in [0.15, 0.2) is 0 Å². The smallest absolute Gasteiger partial charge is 0.0673 e. The second kappa shape index (κ2) is 5.93. The van der Waals surface area contributed by atoms with Crippen molar-refractivity contribution in [2.45, 2.75) is 6.92 Å². The van der Waals surface area contributed by atoms with Gasteiger partial charge in [-0.1, -0.05) is 83.9 Å². The van der Waals surface area contributed by atoms with Gasteiger partial charge in [-0.05, 0) is 35.2 Å². The van der Waals surface area contributed by atoms with E-state index in [4.69, 9.17) is 23.2 Å². The quantitative estimate of drug-likeness (QED) is 0.497. The van der Waals surface area contributed by atoms with E-state index in [0.29, 0.717) is 10.0 Å². The van der Waals surface area contributed by atoms with Gasteiger partial charge in [0.25, 0.3) is 0 Å². The van der Waals surface area contributed by atoms with Gasteiger partial charge in [-0.25, -0.2) is 0 Å².